The summed E-state index contributed by atoms with van der Waals surface area (Å²) in [5.74, 6) is -1.14. The van der Waals surface area contributed by atoms with E-state index >= 15 is 0 Å². The quantitative estimate of drug-likeness (QED) is 0.585. The van der Waals surface area contributed by atoms with Crippen molar-refractivity contribution in [3.05, 3.63) is 33.6 Å². The molecule has 0 aliphatic heterocycles. The average Bonchev–Trinajstić information content (AvgIpc) is 2.09. The van der Waals surface area contributed by atoms with E-state index in [9.17, 15) is 4.79 Å². The minimum atomic E-state index is -1.14. The lowest BCUT2D eigenvalue weighted by molar-refractivity contribution is 0.0698. The molecule has 0 radical (unpaired) electrons. The van der Waals surface area contributed by atoms with E-state index in [1.165, 1.54) is 12.1 Å². The second-order valence-corrected chi connectivity index (χ2v) is 3.16. The Morgan fingerprint density at radius 1 is 1.62 bits per heavy atom. The molecule has 0 bridgehead atoms. The highest BCUT2D eigenvalue weighted by atomic mass is 79.9. The van der Waals surface area contributed by atoms with E-state index in [0.717, 1.165) is 0 Å². The summed E-state index contributed by atoms with van der Waals surface area (Å²) in [5, 5.41) is 8.71. The number of aromatic carboxylic acids is 1. The van der Waals surface area contributed by atoms with Gasteiger partial charge in [-0.05, 0) is 28.1 Å². The highest BCUT2D eigenvalue weighted by Gasteiger charge is 2.11. The second kappa shape index (κ2) is 3.46. The summed E-state index contributed by atoms with van der Waals surface area (Å²) in [6.07, 6.45) is 0. The van der Waals surface area contributed by atoms with Crippen LogP contribution in [0.4, 0.5) is 11.4 Å². The number of rotatable bonds is 1. The number of carboxylic acids is 1. The number of carboxylic acid groups (broad SMARTS) is 1. The number of nitrogens with zero attached hydrogens (tertiary/aromatic N) is 1. The van der Waals surface area contributed by atoms with Crippen LogP contribution in [0.1, 0.15) is 10.4 Å². The Morgan fingerprint density at radius 3 is 2.69 bits per heavy atom. The van der Waals surface area contributed by atoms with Gasteiger partial charge in [0.2, 0.25) is 0 Å². The number of nitrogens with two attached hydrogens (primary N) is 1. The van der Waals surface area contributed by atoms with Crippen molar-refractivity contribution in [2.75, 3.05) is 5.73 Å². The summed E-state index contributed by atoms with van der Waals surface area (Å²) in [6.45, 7) is 6.72. The molecule has 0 spiro atoms. The van der Waals surface area contributed by atoms with Crippen molar-refractivity contribution in [2.45, 2.75) is 0 Å². The van der Waals surface area contributed by atoms with Crippen molar-refractivity contribution in [3.8, 4) is 0 Å². The molecule has 5 heteroatoms. The van der Waals surface area contributed by atoms with Crippen LogP contribution in [0, 0.1) is 6.57 Å². The van der Waals surface area contributed by atoms with Gasteiger partial charge in [-0.3, -0.25) is 0 Å². The van der Waals surface area contributed by atoms with Crippen LogP contribution in [-0.4, -0.2) is 11.1 Å². The lowest BCUT2D eigenvalue weighted by Gasteiger charge is -2.03. The molecule has 66 valence electrons. The van der Waals surface area contributed by atoms with Crippen LogP contribution in [-0.2, 0) is 0 Å². The third kappa shape index (κ3) is 1.79. The molecule has 0 fully saturated rings. The molecular weight excluding hydrogens is 236 g/mol. The zero-order chi connectivity index (χ0) is 10.0. The van der Waals surface area contributed by atoms with E-state index in [0.29, 0.717) is 4.47 Å². The molecule has 1 aromatic carbocycles. The van der Waals surface area contributed by atoms with Crippen molar-refractivity contribution < 1.29 is 9.90 Å². The van der Waals surface area contributed by atoms with Gasteiger partial charge in [-0.25, -0.2) is 9.64 Å². The molecule has 3 N–H and O–H groups in total. The minimum absolute atomic E-state index is 0.0552. The molecule has 0 amide bonds. The lowest BCUT2D eigenvalue weighted by atomic mass is 10.1. The predicted octanol–water partition coefficient (Wildman–Crippen LogP) is 2.28. The van der Waals surface area contributed by atoms with E-state index in [1.54, 1.807) is 0 Å². The van der Waals surface area contributed by atoms with E-state index in [1.807, 2.05) is 0 Å². The molecule has 0 saturated heterocycles. The molecular formula is C8H5BrN2O2. The molecule has 0 aliphatic carbocycles. The summed E-state index contributed by atoms with van der Waals surface area (Å²) in [5.41, 5.74) is 5.81. The van der Waals surface area contributed by atoms with Crippen LogP contribution in [0.5, 0.6) is 0 Å². The van der Waals surface area contributed by atoms with Crippen molar-refractivity contribution in [2.24, 2.45) is 0 Å². The SMILES string of the molecule is [C-]#[N+]c1cc(Br)c(N)c(C(=O)O)c1. The van der Waals surface area contributed by atoms with E-state index in [4.69, 9.17) is 17.4 Å². The van der Waals surface area contributed by atoms with Gasteiger partial charge >= 0.3 is 5.97 Å². The minimum Gasteiger partial charge on any atom is -0.478 e. The molecule has 0 heterocycles. The highest BCUT2D eigenvalue weighted by Crippen LogP contribution is 2.29. The summed E-state index contributed by atoms with van der Waals surface area (Å²) in [6, 6.07) is 2.73. The Balaban J connectivity index is 3.44. The summed E-state index contributed by atoms with van der Waals surface area (Å²) in [7, 11) is 0. The van der Waals surface area contributed by atoms with E-state index in [2.05, 4.69) is 20.8 Å². The number of hydrogen-bond acceptors (Lipinski definition) is 2. The van der Waals surface area contributed by atoms with Crippen LogP contribution < -0.4 is 5.73 Å². The first kappa shape index (κ1) is 9.55. The average molecular weight is 241 g/mol. The van der Waals surface area contributed by atoms with E-state index < -0.39 is 5.97 Å². The van der Waals surface area contributed by atoms with Gasteiger partial charge in [0.15, 0.2) is 5.69 Å². The smallest absolute Gasteiger partial charge is 0.336 e. The third-order valence-corrected chi connectivity index (χ3v) is 2.13. The number of halogens is 1. The molecule has 0 aliphatic rings. The molecule has 0 unspecified atom stereocenters. The van der Waals surface area contributed by atoms with Crippen LogP contribution >= 0.6 is 15.9 Å². The third-order valence-electron chi connectivity index (χ3n) is 1.47. The summed E-state index contributed by atoms with van der Waals surface area (Å²) >= 11 is 3.07. The van der Waals surface area contributed by atoms with Gasteiger partial charge in [-0.2, -0.15) is 0 Å². The van der Waals surface area contributed by atoms with Crippen LogP contribution in [0.25, 0.3) is 4.85 Å². The first-order valence-electron chi connectivity index (χ1n) is 3.26. The number of benzene rings is 1. The first-order valence-corrected chi connectivity index (χ1v) is 4.05. The fourth-order valence-corrected chi connectivity index (χ4v) is 1.29. The number of anilines is 1. The monoisotopic (exact) mass is 240 g/mol. The number of nitrogen functional groups attached to an aromatic ring is 1. The molecule has 13 heavy (non-hydrogen) atoms. The Labute approximate surface area is 82.9 Å². The Kier molecular flexibility index (Phi) is 2.54. The van der Waals surface area contributed by atoms with Crippen LogP contribution in [0.2, 0.25) is 0 Å². The summed E-state index contributed by atoms with van der Waals surface area (Å²) in [4.78, 5) is 13.8. The lowest BCUT2D eigenvalue weighted by Crippen LogP contribution is -2.02. The molecule has 1 rings (SSSR count). The Hall–Kier alpha value is -1.54. The standard InChI is InChI=1S/C8H5BrN2O2/c1-11-4-2-5(8(12)13)7(10)6(9)3-4/h2-3H,10H2,(H,12,13). The molecule has 0 aromatic heterocycles. The molecule has 0 atom stereocenters. The Bertz CT molecular complexity index is 409. The largest absolute Gasteiger partial charge is 0.478 e. The number of carbonyl (C=O) groups is 1. The molecule has 4 nitrogen and oxygen atoms in total. The Morgan fingerprint density at radius 2 is 2.23 bits per heavy atom. The summed E-state index contributed by atoms with van der Waals surface area (Å²) < 4.78 is 0.429. The first-order chi connectivity index (χ1) is 6.06. The van der Waals surface area contributed by atoms with Gasteiger partial charge in [0.05, 0.1) is 17.8 Å². The number of hydrogen-bond donors (Lipinski definition) is 2. The van der Waals surface area contributed by atoms with Gasteiger partial charge in [-0.1, -0.05) is 0 Å². The zero-order valence-electron chi connectivity index (χ0n) is 6.41. The maximum Gasteiger partial charge on any atom is 0.336 e. The van der Waals surface area contributed by atoms with Crippen molar-refractivity contribution in [1.29, 1.82) is 0 Å². The van der Waals surface area contributed by atoms with Crippen molar-refractivity contribution >= 4 is 33.3 Å². The van der Waals surface area contributed by atoms with Gasteiger partial charge in [0.1, 0.15) is 0 Å². The fourth-order valence-electron chi connectivity index (χ4n) is 0.845. The zero-order valence-corrected chi connectivity index (χ0v) is 8.00. The van der Waals surface area contributed by atoms with Gasteiger partial charge in [-0.15, -0.1) is 0 Å². The van der Waals surface area contributed by atoms with Crippen LogP contribution in [0.15, 0.2) is 16.6 Å². The van der Waals surface area contributed by atoms with Gasteiger partial charge < -0.3 is 10.8 Å². The fraction of sp³-hybridized carbons (Fsp3) is 0. The van der Waals surface area contributed by atoms with E-state index in [-0.39, 0.29) is 16.9 Å². The highest BCUT2D eigenvalue weighted by molar-refractivity contribution is 9.10. The molecule has 1 aromatic rings. The second-order valence-electron chi connectivity index (χ2n) is 2.31. The normalized spacial score (nSPS) is 9.23. The molecule has 0 saturated carbocycles. The maximum atomic E-state index is 10.6. The predicted molar refractivity (Wildman–Crippen MR) is 51.8 cm³/mol. The van der Waals surface area contributed by atoms with Crippen molar-refractivity contribution in [3.63, 3.8) is 0 Å². The topological polar surface area (TPSA) is 67.7 Å². The maximum absolute atomic E-state index is 10.6. The van der Waals surface area contributed by atoms with Gasteiger partial charge in [0.25, 0.3) is 0 Å². The van der Waals surface area contributed by atoms with Crippen molar-refractivity contribution in [1.82, 2.24) is 0 Å². The van der Waals surface area contributed by atoms with Gasteiger partial charge in [0, 0.05) is 4.47 Å². The van der Waals surface area contributed by atoms with Crippen LogP contribution in [0.3, 0.4) is 0 Å².